The van der Waals surface area contributed by atoms with E-state index in [1.54, 1.807) is 0 Å². The summed E-state index contributed by atoms with van der Waals surface area (Å²) < 4.78 is 1.54. The van der Waals surface area contributed by atoms with Crippen LogP contribution in [0.25, 0.3) is 11.4 Å². The summed E-state index contributed by atoms with van der Waals surface area (Å²) in [7, 11) is 0. The third-order valence-electron chi connectivity index (χ3n) is 3.99. The molecule has 6 heteroatoms. The van der Waals surface area contributed by atoms with Gasteiger partial charge in [0.15, 0.2) is 5.82 Å². The van der Waals surface area contributed by atoms with Crippen LogP contribution in [0.4, 0.5) is 0 Å². The smallest absolute Gasteiger partial charge is 0.210 e. The molecule has 0 aliphatic carbocycles. The molecule has 0 radical (unpaired) electrons. The number of hydrogen-bond acceptors (Lipinski definition) is 4. The molecule has 1 aromatic heterocycles. The number of nitrogen functional groups attached to an aromatic ring is 1. The van der Waals surface area contributed by atoms with Gasteiger partial charge in [-0.05, 0) is 22.6 Å². The first-order chi connectivity index (χ1) is 11.9. The predicted octanol–water partition coefficient (Wildman–Crippen LogP) is 4.90. The second-order valence-corrected chi connectivity index (χ2v) is 8.23. The van der Waals surface area contributed by atoms with Crippen LogP contribution in [0.1, 0.15) is 31.9 Å². The summed E-state index contributed by atoms with van der Waals surface area (Å²) in [5.74, 6) is 7.55. The van der Waals surface area contributed by atoms with E-state index in [0.29, 0.717) is 16.7 Å². The quantitative estimate of drug-likeness (QED) is 0.522. The molecule has 1 heterocycles. The van der Waals surface area contributed by atoms with Crippen molar-refractivity contribution in [2.75, 3.05) is 5.84 Å². The Hall–Kier alpha value is -1.98. The van der Waals surface area contributed by atoms with Gasteiger partial charge in [0.25, 0.3) is 0 Å². The van der Waals surface area contributed by atoms with E-state index in [0.717, 1.165) is 16.1 Å². The normalized spacial score (nSPS) is 11.7. The van der Waals surface area contributed by atoms with E-state index in [1.807, 2.05) is 36.4 Å². The molecule has 0 amide bonds. The Morgan fingerprint density at radius 1 is 1.04 bits per heavy atom. The van der Waals surface area contributed by atoms with Crippen molar-refractivity contribution in [2.24, 2.45) is 0 Å². The van der Waals surface area contributed by atoms with Crippen LogP contribution in [0.2, 0.25) is 5.02 Å². The van der Waals surface area contributed by atoms with Gasteiger partial charge < -0.3 is 5.84 Å². The van der Waals surface area contributed by atoms with Gasteiger partial charge in [-0.25, -0.2) is 4.68 Å². The van der Waals surface area contributed by atoms with Gasteiger partial charge in [0.1, 0.15) is 0 Å². The monoisotopic (exact) mass is 372 g/mol. The van der Waals surface area contributed by atoms with Crippen molar-refractivity contribution in [2.45, 2.75) is 37.1 Å². The zero-order valence-corrected chi connectivity index (χ0v) is 16.1. The van der Waals surface area contributed by atoms with Crippen molar-refractivity contribution in [1.29, 1.82) is 0 Å². The first-order valence-corrected chi connectivity index (χ1v) is 9.40. The molecule has 3 rings (SSSR count). The lowest BCUT2D eigenvalue weighted by molar-refractivity contribution is 0.590. The second-order valence-electron chi connectivity index (χ2n) is 6.88. The largest absolute Gasteiger partial charge is 0.335 e. The third-order valence-corrected chi connectivity index (χ3v) is 5.35. The van der Waals surface area contributed by atoms with Gasteiger partial charge in [-0.15, -0.1) is 10.2 Å². The Labute approximate surface area is 157 Å². The molecule has 25 heavy (non-hydrogen) atoms. The number of halogens is 1. The van der Waals surface area contributed by atoms with E-state index in [1.165, 1.54) is 22.0 Å². The minimum atomic E-state index is 0.116. The van der Waals surface area contributed by atoms with Crippen molar-refractivity contribution >= 4 is 23.4 Å². The summed E-state index contributed by atoms with van der Waals surface area (Å²) in [6.45, 7) is 6.57. The van der Waals surface area contributed by atoms with Gasteiger partial charge in [0, 0.05) is 16.3 Å². The van der Waals surface area contributed by atoms with Crippen molar-refractivity contribution in [3.63, 3.8) is 0 Å². The Morgan fingerprint density at radius 3 is 2.36 bits per heavy atom. The molecule has 2 aromatic carbocycles. The first kappa shape index (κ1) is 17.8. The minimum absolute atomic E-state index is 0.116. The van der Waals surface area contributed by atoms with Gasteiger partial charge in [-0.1, -0.05) is 86.6 Å². The maximum absolute atomic E-state index is 6.20. The van der Waals surface area contributed by atoms with E-state index in [-0.39, 0.29) is 5.41 Å². The molecule has 3 aromatic rings. The van der Waals surface area contributed by atoms with Crippen LogP contribution >= 0.6 is 23.4 Å². The first-order valence-electron chi connectivity index (χ1n) is 8.04. The summed E-state index contributed by atoms with van der Waals surface area (Å²) in [5, 5.41) is 9.87. The predicted molar refractivity (Wildman–Crippen MR) is 105 cm³/mol. The highest BCUT2D eigenvalue weighted by atomic mass is 35.5. The number of rotatable bonds is 4. The van der Waals surface area contributed by atoms with Crippen molar-refractivity contribution in [3.8, 4) is 11.4 Å². The summed E-state index contributed by atoms with van der Waals surface area (Å²) in [6.07, 6.45) is 0. The SMILES string of the molecule is CC(C)(C)c1ccc(-c2nnc(SCc3ccccc3Cl)n2N)cc1. The summed E-state index contributed by atoms with van der Waals surface area (Å²) in [6, 6.07) is 16.1. The van der Waals surface area contributed by atoms with Crippen LogP contribution in [0, 0.1) is 0 Å². The Bertz CT molecular complexity index is 866. The molecule has 0 unspecified atom stereocenters. The molecule has 130 valence electrons. The lowest BCUT2D eigenvalue weighted by Gasteiger charge is -2.19. The van der Waals surface area contributed by atoms with Crippen LogP contribution in [-0.4, -0.2) is 14.9 Å². The molecule has 0 fully saturated rings. The maximum atomic E-state index is 6.20. The average Bonchev–Trinajstić information content (AvgIpc) is 2.94. The van der Waals surface area contributed by atoms with Crippen molar-refractivity contribution in [3.05, 3.63) is 64.7 Å². The van der Waals surface area contributed by atoms with Crippen LogP contribution in [-0.2, 0) is 11.2 Å². The van der Waals surface area contributed by atoms with E-state index < -0.39 is 0 Å². The minimum Gasteiger partial charge on any atom is -0.335 e. The zero-order valence-electron chi connectivity index (χ0n) is 14.5. The fourth-order valence-corrected chi connectivity index (χ4v) is 3.59. The molecule has 0 aliphatic heterocycles. The summed E-state index contributed by atoms with van der Waals surface area (Å²) in [4.78, 5) is 0. The van der Waals surface area contributed by atoms with Crippen LogP contribution in [0.3, 0.4) is 0 Å². The highest BCUT2D eigenvalue weighted by Gasteiger charge is 2.16. The Morgan fingerprint density at radius 2 is 1.72 bits per heavy atom. The molecule has 0 bridgehead atoms. The van der Waals surface area contributed by atoms with Gasteiger partial charge in [0.05, 0.1) is 0 Å². The molecular weight excluding hydrogens is 352 g/mol. The van der Waals surface area contributed by atoms with Gasteiger partial charge >= 0.3 is 0 Å². The number of hydrogen-bond donors (Lipinski definition) is 1. The van der Waals surface area contributed by atoms with E-state index in [4.69, 9.17) is 17.4 Å². The molecular formula is C19H21ClN4S. The zero-order chi connectivity index (χ0) is 18.0. The van der Waals surface area contributed by atoms with E-state index in [2.05, 4.69) is 43.1 Å². The van der Waals surface area contributed by atoms with Crippen LogP contribution in [0.15, 0.2) is 53.7 Å². The van der Waals surface area contributed by atoms with Crippen molar-refractivity contribution < 1.29 is 0 Å². The lowest BCUT2D eigenvalue weighted by Crippen LogP contribution is -2.12. The lowest BCUT2D eigenvalue weighted by atomic mass is 9.87. The van der Waals surface area contributed by atoms with E-state index in [9.17, 15) is 0 Å². The van der Waals surface area contributed by atoms with Gasteiger partial charge in [-0.2, -0.15) is 0 Å². The topological polar surface area (TPSA) is 56.7 Å². The fraction of sp³-hybridized carbons (Fsp3) is 0.263. The molecule has 0 spiro atoms. The fourth-order valence-electron chi connectivity index (χ4n) is 2.45. The number of thioether (sulfide) groups is 1. The molecule has 0 saturated heterocycles. The Balaban J connectivity index is 1.78. The maximum Gasteiger partial charge on any atom is 0.210 e. The summed E-state index contributed by atoms with van der Waals surface area (Å²) >= 11 is 7.71. The van der Waals surface area contributed by atoms with Gasteiger partial charge in [-0.3, -0.25) is 0 Å². The standard InChI is InChI=1S/C19H21ClN4S/c1-19(2,3)15-10-8-13(9-11-15)17-22-23-18(24(17)21)25-12-14-6-4-5-7-16(14)20/h4-11H,12,21H2,1-3H3. The highest BCUT2D eigenvalue weighted by Crippen LogP contribution is 2.28. The van der Waals surface area contributed by atoms with Crippen molar-refractivity contribution in [1.82, 2.24) is 14.9 Å². The van der Waals surface area contributed by atoms with Crippen LogP contribution in [0.5, 0.6) is 0 Å². The van der Waals surface area contributed by atoms with Gasteiger partial charge in [0.2, 0.25) is 5.16 Å². The summed E-state index contributed by atoms with van der Waals surface area (Å²) in [5.41, 5.74) is 3.39. The molecule has 2 N–H and O–H groups in total. The number of aromatic nitrogens is 3. The number of nitrogens with two attached hydrogens (primary N) is 1. The third kappa shape index (κ3) is 3.99. The Kier molecular flexibility index (Phi) is 5.06. The molecule has 0 aliphatic rings. The molecule has 0 saturated carbocycles. The van der Waals surface area contributed by atoms with E-state index >= 15 is 0 Å². The molecule has 4 nitrogen and oxygen atoms in total. The van der Waals surface area contributed by atoms with Crippen LogP contribution < -0.4 is 5.84 Å². The molecule has 0 atom stereocenters. The average molecular weight is 373 g/mol. The number of benzene rings is 2. The number of nitrogens with zero attached hydrogens (tertiary/aromatic N) is 3. The second kappa shape index (κ2) is 7.10. The highest BCUT2D eigenvalue weighted by molar-refractivity contribution is 7.98.